The number of aliphatic hydroxyl groups is 1. The molecule has 1 unspecified atom stereocenters. The molecular formula is C18H36N2O3. The zero-order valence-electron chi connectivity index (χ0n) is 14.9. The molecular weight excluding hydrogens is 292 g/mol. The standard InChI is InChI=1S/C18H36N2O3/c1-2-3-4-5-6-7-8-9-10-11-18(16-17(22)23)19-12-13-20(18)14-15-21/h19,21H,2-16H2,1H3,(H,22,23). The maximum Gasteiger partial charge on any atom is 0.306 e. The number of unbranched alkanes of at least 4 members (excludes halogenated alkanes) is 8. The van der Waals surface area contributed by atoms with Gasteiger partial charge in [0, 0.05) is 19.6 Å². The first-order valence-corrected chi connectivity index (χ1v) is 9.47. The summed E-state index contributed by atoms with van der Waals surface area (Å²) in [6, 6.07) is 0. The first kappa shape index (κ1) is 20.4. The lowest BCUT2D eigenvalue weighted by Crippen LogP contribution is -2.53. The Kier molecular flexibility index (Phi) is 10.5. The fourth-order valence-electron chi connectivity index (χ4n) is 3.68. The predicted molar refractivity (Wildman–Crippen MR) is 93.5 cm³/mol. The highest BCUT2D eigenvalue weighted by atomic mass is 16.4. The Balaban J connectivity index is 2.25. The highest BCUT2D eigenvalue weighted by molar-refractivity contribution is 5.68. The van der Waals surface area contributed by atoms with Crippen molar-refractivity contribution in [2.24, 2.45) is 0 Å². The van der Waals surface area contributed by atoms with Crippen molar-refractivity contribution in [3.05, 3.63) is 0 Å². The summed E-state index contributed by atoms with van der Waals surface area (Å²) in [7, 11) is 0. The van der Waals surface area contributed by atoms with E-state index in [2.05, 4.69) is 17.1 Å². The predicted octanol–water partition coefficient (Wildman–Crippen LogP) is 2.98. The van der Waals surface area contributed by atoms with Crippen molar-refractivity contribution >= 4 is 5.97 Å². The van der Waals surface area contributed by atoms with Crippen LogP contribution in [0.1, 0.15) is 77.6 Å². The lowest BCUT2D eigenvalue weighted by atomic mass is 9.96. The molecule has 0 spiro atoms. The molecule has 5 nitrogen and oxygen atoms in total. The molecule has 1 atom stereocenters. The molecule has 0 aromatic carbocycles. The summed E-state index contributed by atoms with van der Waals surface area (Å²) in [6.07, 6.45) is 12.4. The van der Waals surface area contributed by atoms with E-state index in [1.54, 1.807) is 0 Å². The number of nitrogens with zero attached hydrogens (tertiary/aromatic N) is 1. The zero-order valence-corrected chi connectivity index (χ0v) is 14.9. The number of carboxylic acids is 1. The monoisotopic (exact) mass is 328 g/mol. The van der Waals surface area contributed by atoms with Gasteiger partial charge in [-0.25, -0.2) is 0 Å². The van der Waals surface area contributed by atoms with Gasteiger partial charge in [0.05, 0.1) is 18.7 Å². The molecule has 3 N–H and O–H groups in total. The van der Waals surface area contributed by atoms with Crippen LogP contribution in [0.3, 0.4) is 0 Å². The molecule has 1 saturated heterocycles. The number of hydrogen-bond acceptors (Lipinski definition) is 4. The average Bonchev–Trinajstić information content (AvgIpc) is 2.88. The van der Waals surface area contributed by atoms with Crippen LogP contribution < -0.4 is 5.32 Å². The number of aliphatic hydroxyl groups excluding tert-OH is 1. The second-order valence-corrected chi connectivity index (χ2v) is 6.82. The summed E-state index contributed by atoms with van der Waals surface area (Å²) in [5.74, 6) is -0.765. The van der Waals surface area contributed by atoms with Gasteiger partial charge in [0.25, 0.3) is 0 Å². The maximum absolute atomic E-state index is 11.2. The van der Waals surface area contributed by atoms with Crippen LogP contribution >= 0.6 is 0 Å². The van der Waals surface area contributed by atoms with Crippen LogP contribution in [-0.4, -0.2) is 53.0 Å². The topological polar surface area (TPSA) is 72.8 Å². The van der Waals surface area contributed by atoms with Gasteiger partial charge >= 0.3 is 5.97 Å². The third-order valence-electron chi connectivity index (χ3n) is 4.95. The van der Waals surface area contributed by atoms with Crippen molar-refractivity contribution in [3.8, 4) is 0 Å². The van der Waals surface area contributed by atoms with Gasteiger partial charge in [0.1, 0.15) is 0 Å². The van der Waals surface area contributed by atoms with Gasteiger partial charge in [-0.2, -0.15) is 0 Å². The lowest BCUT2D eigenvalue weighted by Gasteiger charge is -2.37. The van der Waals surface area contributed by atoms with Crippen LogP contribution in [0.5, 0.6) is 0 Å². The molecule has 0 aromatic heterocycles. The molecule has 23 heavy (non-hydrogen) atoms. The second-order valence-electron chi connectivity index (χ2n) is 6.82. The van der Waals surface area contributed by atoms with E-state index in [1.807, 2.05) is 0 Å². The van der Waals surface area contributed by atoms with Crippen molar-refractivity contribution in [1.82, 2.24) is 10.2 Å². The highest BCUT2D eigenvalue weighted by Gasteiger charge is 2.41. The minimum atomic E-state index is -0.765. The van der Waals surface area contributed by atoms with Crippen molar-refractivity contribution in [3.63, 3.8) is 0 Å². The molecule has 1 rings (SSSR count). The van der Waals surface area contributed by atoms with Gasteiger partial charge in [-0.3, -0.25) is 15.0 Å². The fraction of sp³-hybridized carbons (Fsp3) is 0.944. The molecule has 5 heteroatoms. The Bertz CT molecular complexity index is 325. The molecule has 1 heterocycles. The lowest BCUT2D eigenvalue weighted by molar-refractivity contribution is -0.140. The third kappa shape index (κ3) is 7.64. The van der Waals surface area contributed by atoms with Crippen molar-refractivity contribution in [2.75, 3.05) is 26.2 Å². The zero-order chi connectivity index (χ0) is 17.0. The van der Waals surface area contributed by atoms with E-state index >= 15 is 0 Å². The van der Waals surface area contributed by atoms with E-state index in [4.69, 9.17) is 0 Å². The van der Waals surface area contributed by atoms with E-state index < -0.39 is 11.6 Å². The molecule has 1 fully saturated rings. The number of β-amino-alcohol motifs (C(OH)–C–C–N with tert-alkyl or cyclic N) is 1. The Morgan fingerprint density at radius 2 is 1.70 bits per heavy atom. The van der Waals surface area contributed by atoms with Gasteiger partial charge < -0.3 is 10.2 Å². The van der Waals surface area contributed by atoms with E-state index in [1.165, 1.54) is 51.4 Å². The third-order valence-corrected chi connectivity index (χ3v) is 4.95. The number of rotatable bonds is 14. The van der Waals surface area contributed by atoms with Crippen molar-refractivity contribution in [2.45, 2.75) is 83.2 Å². The van der Waals surface area contributed by atoms with Crippen molar-refractivity contribution in [1.29, 1.82) is 0 Å². The minimum Gasteiger partial charge on any atom is -0.481 e. The van der Waals surface area contributed by atoms with Crippen LogP contribution in [0.25, 0.3) is 0 Å². The smallest absolute Gasteiger partial charge is 0.306 e. The summed E-state index contributed by atoms with van der Waals surface area (Å²) in [5, 5.41) is 21.8. The van der Waals surface area contributed by atoms with Crippen LogP contribution in [-0.2, 0) is 4.79 Å². The normalized spacial score (nSPS) is 21.8. The minimum absolute atomic E-state index is 0.0841. The molecule has 1 aliphatic rings. The summed E-state index contributed by atoms with van der Waals surface area (Å²) in [6.45, 7) is 4.51. The van der Waals surface area contributed by atoms with Gasteiger partial charge in [-0.15, -0.1) is 0 Å². The summed E-state index contributed by atoms with van der Waals surface area (Å²) >= 11 is 0. The largest absolute Gasteiger partial charge is 0.481 e. The molecule has 0 saturated carbocycles. The van der Waals surface area contributed by atoms with Gasteiger partial charge in [0.2, 0.25) is 0 Å². The molecule has 0 radical (unpaired) electrons. The number of carboxylic acid groups (broad SMARTS) is 1. The van der Waals surface area contributed by atoms with E-state index in [-0.39, 0.29) is 13.0 Å². The van der Waals surface area contributed by atoms with Crippen LogP contribution in [0.2, 0.25) is 0 Å². The number of aliphatic carboxylic acids is 1. The Labute approximate surface area is 141 Å². The Morgan fingerprint density at radius 1 is 1.09 bits per heavy atom. The summed E-state index contributed by atoms with van der Waals surface area (Å²) < 4.78 is 0. The highest BCUT2D eigenvalue weighted by Crippen LogP contribution is 2.27. The molecule has 136 valence electrons. The van der Waals surface area contributed by atoms with Gasteiger partial charge in [0.15, 0.2) is 0 Å². The first-order valence-electron chi connectivity index (χ1n) is 9.47. The Hall–Kier alpha value is -0.650. The van der Waals surface area contributed by atoms with E-state index in [0.29, 0.717) is 6.54 Å². The average molecular weight is 328 g/mol. The molecule has 0 aromatic rings. The fourth-order valence-corrected chi connectivity index (χ4v) is 3.68. The van der Waals surface area contributed by atoms with Crippen LogP contribution in [0.15, 0.2) is 0 Å². The Morgan fingerprint density at radius 3 is 2.26 bits per heavy atom. The quantitative estimate of drug-likeness (QED) is 0.428. The maximum atomic E-state index is 11.2. The molecule has 0 bridgehead atoms. The molecule has 1 aliphatic heterocycles. The number of hydrogen-bond donors (Lipinski definition) is 3. The van der Waals surface area contributed by atoms with E-state index in [9.17, 15) is 15.0 Å². The number of nitrogens with one attached hydrogen (secondary N) is 1. The number of carbonyl (C=O) groups is 1. The van der Waals surface area contributed by atoms with Crippen LogP contribution in [0.4, 0.5) is 0 Å². The van der Waals surface area contributed by atoms with Gasteiger partial charge in [-0.05, 0) is 6.42 Å². The SMILES string of the molecule is CCCCCCCCCCCC1(CC(=O)O)NCCN1CCO. The molecule has 0 amide bonds. The van der Waals surface area contributed by atoms with Gasteiger partial charge in [-0.1, -0.05) is 64.7 Å². The summed E-state index contributed by atoms with van der Waals surface area (Å²) in [4.78, 5) is 13.4. The first-order chi connectivity index (χ1) is 11.1. The van der Waals surface area contributed by atoms with E-state index in [0.717, 1.165) is 25.9 Å². The summed E-state index contributed by atoms with van der Waals surface area (Å²) in [5.41, 5.74) is -0.449. The van der Waals surface area contributed by atoms with Crippen LogP contribution in [0, 0.1) is 0 Å². The molecule has 0 aliphatic carbocycles. The van der Waals surface area contributed by atoms with Crippen molar-refractivity contribution < 1.29 is 15.0 Å². The second kappa shape index (κ2) is 11.8.